The lowest BCUT2D eigenvalue weighted by molar-refractivity contribution is -0.303. The Hall–Kier alpha value is -2.03. The van der Waals surface area contributed by atoms with Gasteiger partial charge >= 0.3 is 6.09 Å². The van der Waals surface area contributed by atoms with Crippen LogP contribution in [0.3, 0.4) is 0 Å². The Bertz CT molecular complexity index is 1090. The van der Waals surface area contributed by atoms with E-state index in [4.69, 9.17) is 19.6 Å². The average Bonchev–Trinajstić information content (AvgIpc) is 3.31. The quantitative estimate of drug-likeness (QED) is 0.432. The van der Waals surface area contributed by atoms with E-state index in [1.54, 1.807) is 20.9 Å². The van der Waals surface area contributed by atoms with Crippen LogP contribution in [0.2, 0.25) is 0 Å². The maximum absolute atomic E-state index is 14.7. The number of ether oxygens (including phenoxy) is 3. The molecule has 1 amide bonds. The van der Waals surface area contributed by atoms with E-state index in [1.165, 1.54) is 11.1 Å². The van der Waals surface area contributed by atoms with Gasteiger partial charge < -0.3 is 29.6 Å². The number of nitrogens with zero attached hydrogens (tertiary/aromatic N) is 1. The SMILES string of the molecule is CC1=C[C@]23C(=O)[C@@H](C=C4COC(C)(C)O[C@H]4[C@]2(O)[C@H]1OC(=O)N(C)C(C)CC=N)[C@H]1[C@@H](C[C@H]3C)C1(C)C. The van der Waals surface area contributed by atoms with E-state index in [2.05, 4.69) is 20.8 Å². The number of fused-ring (bicyclic) bond motifs is 5. The number of ketones is 1. The Morgan fingerprint density at radius 2 is 2.03 bits per heavy atom. The van der Waals surface area contributed by atoms with Crippen molar-refractivity contribution in [3.63, 3.8) is 0 Å². The first-order chi connectivity index (χ1) is 17.1. The summed E-state index contributed by atoms with van der Waals surface area (Å²) in [6, 6.07) is -0.251. The fourth-order valence-electron chi connectivity index (χ4n) is 7.99. The van der Waals surface area contributed by atoms with Crippen molar-refractivity contribution in [3.8, 4) is 0 Å². The molecule has 0 aromatic heterocycles. The summed E-state index contributed by atoms with van der Waals surface area (Å²) in [5, 5.41) is 20.4. The topological polar surface area (TPSA) is 109 Å². The molecule has 0 aromatic carbocycles. The van der Waals surface area contributed by atoms with Crippen molar-refractivity contribution in [1.29, 1.82) is 5.41 Å². The number of hydrogen-bond acceptors (Lipinski definition) is 7. The van der Waals surface area contributed by atoms with Gasteiger partial charge in [0, 0.05) is 25.4 Å². The molecule has 8 nitrogen and oxygen atoms in total. The molecule has 0 radical (unpaired) electrons. The zero-order chi connectivity index (χ0) is 27.3. The van der Waals surface area contributed by atoms with E-state index in [9.17, 15) is 14.7 Å². The van der Waals surface area contributed by atoms with Crippen LogP contribution in [0.15, 0.2) is 23.3 Å². The maximum Gasteiger partial charge on any atom is 0.410 e. The lowest BCUT2D eigenvalue weighted by Crippen LogP contribution is -2.68. The Kier molecular flexibility index (Phi) is 5.91. The van der Waals surface area contributed by atoms with Crippen molar-refractivity contribution in [2.45, 2.75) is 90.9 Å². The summed E-state index contributed by atoms with van der Waals surface area (Å²) >= 11 is 0. The molecule has 2 bridgehead atoms. The van der Waals surface area contributed by atoms with Gasteiger partial charge in [0.15, 0.2) is 23.3 Å². The fraction of sp³-hybridized carbons (Fsp3) is 0.759. The van der Waals surface area contributed by atoms with Crippen LogP contribution in [0.5, 0.6) is 0 Å². The molecule has 1 spiro atoms. The smallest absolute Gasteiger partial charge is 0.410 e. The van der Waals surface area contributed by atoms with Crippen LogP contribution in [-0.4, -0.2) is 71.4 Å². The first kappa shape index (κ1) is 26.6. The first-order valence-corrected chi connectivity index (χ1v) is 13.5. The molecule has 5 rings (SSSR count). The van der Waals surface area contributed by atoms with E-state index < -0.39 is 35.1 Å². The van der Waals surface area contributed by atoms with E-state index in [0.29, 0.717) is 17.9 Å². The summed E-state index contributed by atoms with van der Waals surface area (Å²) < 4.78 is 18.6. The molecule has 1 aliphatic heterocycles. The predicted molar refractivity (Wildman–Crippen MR) is 138 cm³/mol. The van der Waals surface area contributed by atoms with Gasteiger partial charge in [-0.1, -0.05) is 32.9 Å². The highest BCUT2D eigenvalue weighted by atomic mass is 16.7. The number of hydrogen-bond donors (Lipinski definition) is 2. The van der Waals surface area contributed by atoms with Gasteiger partial charge in [-0.05, 0) is 74.6 Å². The highest BCUT2D eigenvalue weighted by Gasteiger charge is 2.77. The number of allylic oxidation sites excluding steroid dienone is 1. The molecule has 2 saturated carbocycles. The molecule has 5 aliphatic rings. The van der Waals surface area contributed by atoms with Crippen LogP contribution < -0.4 is 0 Å². The maximum atomic E-state index is 14.7. The summed E-state index contributed by atoms with van der Waals surface area (Å²) in [5.74, 6) is -0.971. The van der Waals surface area contributed by atoms with Gasteiger partial charge in [0.2, 0.25) is 0 Å². The molecule has 1 unspecified atom stereocenters. The third-order valence-corrected chi connectivity index (χ3v) is 10.3. The number of carbonyl (C=O) groups is 2. The van der Waals surface area contributed by atoms with Crippen molar-refractivity contribution in [3.05, 3.63) is 23.3 Å². The lowest BCUT2D eigenvalue weighted by atomic mass is 9.59. The number of rotatable bonds is 4. The molecule has 8 heteroatoms. The van der Waals surface area contributed by atoms with Gasteiger partial charge in [-0.15, -0.1) is 0 Å². The van der Waals surface area contributed by atoms with Gasteiger partial charge in [0.05, 0.1) is 12.0 Å². The zero-order valence-electron chi connectivity index (χ0n) is 23.3. The normalized spacial score (nSPS) is 43.5. The second kappa shape index (κ2) is 8.23. The Balaban J connectivity index is 1.64. The van der Waals surface area contributed by atoms with Crippen LogP contribution in [-0.2, 0) is 19.0 Å². The Morgan fingerprint density at radius 3 is 2.68 bits per heavy atom. The number of nitrogens with one attached hydrogen (secondary N) is 1. The van der Waals surface area contributed by atoms with Gasteiger partial charge in [-0.25, -0.2) is 4.79 Å². The first-order valence-electron chi connectivity index (χ1n) is 13.5. The van der Waals surface area contributed by atoms with Gasteiger partial charge in [-0.3, -0.25) is 4.79 Å². The molecule has 9 atom stereocenters. The van der Waals surface area contributed by atoms with E-state index in [1.807, 2.05) is 26.0 Å². The minimum absolute atomic E-state index is 0.00712. The summed E-state index contributed by atoms with van der Waals surface area (Å²) in [6.07, 6.45) is 3.81. The second-order valence-corrected chi connectivity index (χ2v) is 13.2. The zero-order valence-corrected chi connectivity index (χ0v) is 23.3. The van der Waals surface area contributed by atoms with Crippen LogP contribution >= 0.6 is 0 Å². The Morgan fingerprint density at radius 1 is 1.35 bits per heavy atom. The van der Waals surface area contributed by atoms with Crippen molar-refractivity contribution in [2.24, 2.45) is 34.5 Å². The van der Waals surface area contributed by atoms with Crippen LogP contribution in [0.4, 0.5) is 4.79 Å². The van der Waals surface area contributed by atoms with Crippen LogP contribution in [0.1, 0.15) is 61.3 Å². The number of carbonyl (C=O) groups excluding carboxylic acids is 2. The average molecular weight is 515 g/mol. The van der Waals surface area contributed by atoms with Crippen LogP contribution in [0.25, 0.3) is 0 Å². The van der Waals surface area contributed by atoms with Crippen molar-refractivity contribution in [2.75, 3.05) is 13.7 Å². The lowest BCUT2D eigenvalue weighted by Gasteiger charge is -2.52. The summed E-state index contributed by atoms with van der Waals surface area (Å²) in [5.41, 5.74) is -1.64. The standard InChI is InChI=1S/C29H42N2O6/c1-15-13-28-16(2)11-20-21(26(20,4)5)19(22(28)32)12-18-14-35-27(6,7)37-24(18)29(28,34)23(15)36-25(33)31(8)17(3)9-10-30/h10,12-13,16-17,19-21,23-24,30,34H,9,11,14H2,1-8H3/t16-,17?,19+,20-,21+,23+,24-,28+,29-/m1/s1. The Labute approximate surface area is 219 Å². The van der Waals surface area contributed by atoms with E-state index >= 15 is 0 Å². The summed E-state index contributed by atoms with van der Waals surface area (Å²) in [4.78, 5) is 29.4. The van der Waals surface area contributed by atoms with Gasteiger partial charge in [0.25, 0.3) is 0 Å². The molecule has 3 fully saturated rings. The van der Waals surface area contributed by atoms with Gasteiger partial charge in [-0.2, -0.15) is 0 Å². The molecular formula is C29H42N2O6. The third-order valence-electron chi connectivity index (χ3n) is 10.3. The van der Waals surface area contributed by atoms with Crippen molar-refractivity contribution >= 4 is 18.1 Å². The highest BCUT2D eigenvalue weighted by molar-refractivity contribution is 5.95. The molecular weight excluding hydrogens is 472 g/mol. The molecule has 1 heterocycles. The molecule has 0 aromatic rings. The molecule has 204 valence electrons. The highest BCUT2D eigenvalue weighted by Crippen LogP contribution is 2.72. The van der Waals surface area contributed by atoms with Crippen LogP contribution in [0, 0.1) is 39.9 Å². The molecule has 1 saturated heterocycles. The van der Waals surface area contributed by atoms with Crippen molar-refractivity contribution < 1.29 is 28.9 Å². The molecule has 4 aliphatic carbocycles. The number of amides is 1. The van der Waals surface area contributed by atoms with Crippen molar-refractivity contribution in [1.82, 2.24) is 4.90 Å². The minimum Gasteiger partial charge on any atom is -0.438 e. The fourth-order valence-corrected chi connectivity index (χ4v) is 7.99. The molecule has 37 heavy (non-hydrogen) atoms. The monoisotopic (exact) mass is 514 g/mol. The minimum atomic E-state index is -1.82. The van der Waals surface area contributed by atoms with E-state index in [-0.39, 0.29) is 41.6 Å². The largest absolute Gasteiger partial charge is 0.438 e. The number of aliphatic hydroxyl groups is 1. The summed E-state index contributed by atoms with van der Waals surface area (Å²) in [7, 11) is 1.63. The second-order valence-electron chi connectivity index (χ2n) is 13.2. The summed E-state index contributed by atoms with van der Waals surface area (Å²) in [6.45, 7) is 14.0. The number of Topliss-reactive ketones (excluding diaryl/α,β-unsaturated/α-hetero) is 1. The third kappa shape index (κ3) is 3.47. The van der Waals surface area contributed by atoms with E-state index in [0.717, 1.165) is 12.0 Å². The van der Waals surface area contributed by atoms with Gasteiger partial charge in [0.1, 0.15) is 6.10 Å². The molecule has 2 N–H and O–H groups in total. The predicted octanol–water partition coefficient (Wildman–Crippen LogP) is 4.12.